The van der Waals surface area contributed by atoms with Gasteiger partial charge in [-0.3, -0.25) is 4.68 Å². The Morgan fingerprint density at radius 2 is 2.25 bits per heavy atom. The second-order valence-corrected chi connectivity index (χ2v) is 5.66. The van der Waals surface area contributed by atoms with E-state index in [0.717, 1.165) is 27.6 Å². The van der Waals surface area contributed by atoms with Crippen LogP contribution in [0.25, 0.3) is 11.0 Å². The highest BCUT2D eigenvalue weighted by molar-refractivity contribution is 9.10. The molecule has 1 atom stereocenters. The van der Waals surface area contributed by atoms with E-state index in [-0.39, 0.29) is 0 Å². The minimum Gasteiger partial charge on any atom is -0.457 e. The van der Waals surface area contributed by atoms with E-state index in [1.54, 1.807) is 6.20 Å². The van der Waals surface area contributed by atoms with Crippen LogP contribution < -0.4 is 0 Å². The summed E-state index contributed by atoms with van der Waals surface area (Å²) in [6.45, 7) is 0. The summed E-state index contributed by atoms with van der Waals surface area (Å²) in [5.74, 6) is 0.606. The number of hydrogen-bond donors (Lipinski definition) is 1. The molecule has 0 saturated heterocycles. The Morgan fingerprint density at radius 3 is 2.95 bits per heavy atom. The van der Waals surface area contributed by atoms with E-state index in [2.05, 4.69) is 21.0 Å². The van der Waals surface area contributed by atoms with Crippen molar-refractivity contribution in [1.29, 1.82) is 0 Å². The third-order valence-corrected chi connectivity index (χ3v) is 4.06. The molecule has 1 unspecified atom stereocenters. The Bertz CT molecular complexity index is 732. The molecule has 0 saturated carbocycles. The number of halogens is 1. The fraction of sp³-hybridized carbons (Fsp3) is 0.267. The SMILES string of the molecule is Cn1nccc1CCC(O)c1cc2cccc(Br)c2o1. The van der Waals surface area contributed by atoms with Crippen LogP contribution >= 0.6 is 15.9 Å². The number of aliphatic hydroxyl groups excluding tert-OH is 1. The molecule has 3 aromatic rings. The van der Waals surface area contributed by atoms with Gasteiger partial charge in [-0.1, -0.05) is 12.1 Å². The Hall–Kier alpha value is -1.59. The number of benzene rings is 1. The summed E-state index contributed by atoms with van der Waals surface area (Å²) in [7, 11) is 1.90. The van der Waals surface area contributed by atoms with Gasteiger partial charge < -0.3 is 9.52 Å². The minimum atomic E-state index is -0.607. The van der Waals surface area contributed by atoms with Gasteiger partial charge in [0.05, 0.1) is 4.47 Å². The van der Waals surface area contributed by atoms with Crippen molar-refractivity contribution in [3.8, 4) is 0 Å². The Morgan fingerprint density at radius 1 is 1.40 bits per heavy atom. The zero-order chi connectivity index (χ0) is 14.1. The number of rotatable bonds is 4. The summed E-state index contributed by atoms with van der Waals surface area (Å²) in [6.07, 6.45) is 2.52. The maximum absolute atomic E-state index is 10.3. The minimum absolute atomic E-state index is 0.606. The quantitative estimate of drug-likeness (QED) is 0.793. The summed E-state index contributed by atoms with van der Waals surface area (Å²) in [4.78, 5) is 0. The Balaban J connectivity index is 1.77. The van der Waals surface area contributed by atoms with Crippen LogP contribution in [-0.4, -0.2) is 14.9 Å². The van der Waals surface area contributed by atoms with E-state index in [9.17, 15) is 5.11 Å². The third kappa shape index (κ3) is 2.51. The van der Waals surface area contributed by atoms with Gasteiger partial charge in [0.25, 0.3) is 0 Å². The normalized spacial score (nSPS) is 12.9. The molecule has 4 nitrogen and oxygen atoms in total. The zero-order valence-corrected chi connectivity index (χ0v) is 12.7. The number of nitrogens with zero attached hydrogens (tertiary/aromatic N) is 2. The fourth-order valence-corrected chi connectivity index (χ4v) is 2.75. The highest BCUT2D eigenvalue weighted by Crippen LogP contribution is 2.31. The van der Waals surface area contributed by atoms with Gasteiger partial charge in [0.1, 0.15) is 17.4 Å². The fourth-order valence-electron chi connectivity index (χ4n) is 2.29. The summed E-state index contributed by atoms with van der Waals surface area (Å²) < 4.78 is 8.47. The lowest BCUT2D eigenvalue weighted by molar-refractivity contribution is 0.142. The standard InChI is InChI=1S/C15H15BrN2O2/c1-18-11(7-8-17-18)5-6-13(19)14-9-10-3-2-4-12(16)15(10)20-14/h2-4,7-9,13,19H,5-6H2,1H3. The molecule has 104 valence electrons. The molecule has 0 aliphatic heterocycles. The van der Waals surface area contributed by atoms with E-state index in [1.807, 2.05) is 42.1 Å². The molecule has 20 heavy (non-hydrogen) atoms. The van der Waals surface area contributed by atoms with Crippen molar-refractivity contribution in [2.45, 2.75) is 18.9 Å². The number of fused-ring (bicyclic) bond motifs is 1. The first-order valence-electron chi connectivity index (χ1n) is 6.48. The smallest absolute Gasteiger partial charge is 0.148 e. The number of aromatic nitrogens is 2. The first kappa shape index (κ1) is 13.4. The first-order valence-corrected chi connectivity index (χ1v) is 7.27. The van der Waals surface area contributed by atoms with Crippen molar-refractivity contribution in [2.24, 2.45) is 7.05 Å². The van der Waals surface area contributed by atoms with Gasteiger partial charge in [0.15, 0.2) is 0 Å². The van der Waals surface area contributed by atoms with E-state index in [1.165, 1.54) is 0 Å². The number of aliphatic hydroxyl groups is 1. The second-order valence-electron chi connectivity index (χ2n) is 4.81. The van der Waals surface area contributed by atoms with Gasteiger partial charge >= 0.3 is 0 Å². The molecular formula is C15H15BrN2O2. The zero-order valence-electron chi connectivity index (χ0n) is 11.1. The monoisotopic (exact) mass is 334 g/mol. The van der Waals surface area contributed by atoms with Crippen molar-refractivity contribution < 1.29 is 9.52 Å². The molecule has 2 aromatic heterocycles. The molecule has 0 amide bonds. The van der Waals surface area contributed by atoms with E-state index >= 15 is 0 Å². The van der Waals surface area contributed by atoms with Crippen molar-refractivity contribution in [1.82, 2.24) is 9.78 Å². The van der Waals surface area contributed by atoms with Crippen LogP contribution in [0.5, 0.6) is 0 Å². The molecule has 0 aliphatic carbocycles. The molecule has 3 rings (SSSR count). The molecule has 0 aliphatic rings. The van der Waals surface area contributed by atoms with Crippen LogP contribution in [-0.2, 0) is 13.5 Å². The molecule has 0 spiro atoms. The summed E-state index contributed by atoms with van der Waals surface area (Å²) >= 11 is 3.45. The van der Waals surface area contributed by atoms with Crippen LogP contribution in [0.2, 0.25) is 0 Å². The molecule has 1 N–H and O–H groups in total. The van der Waals surface area contributed by atoms with Crippen LogP contribution in [0.15, 0.2) is 45.4 Å². The van der Waals surface area contributed by atoms with Crippen molar-refractivity contribution >= 4 is 26.9 Å². The second kappa shape index (κ2) is 5.42. The number of hydrogen-bond acceptors (Lipinski definition) is 3. The molecule has 0 radical (unpaired) electrons. The lowest BCUT2D eigenvalue weighted by Crippen LogP contribution is -2.02. The highest BCUT2D eigenvalue weighted by Gasteiger charge is 2.15. The topological polar surface area (TPSA) is 51.2 Å². The summed E-state index contributed by atoms with van der Waals surface area (Å²) in [5, 5.41) is 15.4. The van der Waals surface area contributed by atoms with Crippen LogP contribution in [0.4, 0.5) is 0 Å². The molecular weight excluding hydrogens is 320 g/mol. The third-order valence-electron chi connectivity index (χ3n) is 3.44. The average molecular weight is 335 g/mol. The average Bonchev–Trinajstić information content (AvgIpc) is 3.03. The van der Waals surface area contributed by atoms with Crippen molar-refractivity contribution in [3.05, 3.63) is 52.5 Å². The Kier molecular flexibility index (Phi) is 3.63. The predicted octanol–water partition coefficient (Wildman–Crippen LogP) is 3.60. The number of para-hydroxylation sites is 1. The molecule has 0 bridgehead atoms. The van der Waals surface area contributed by atoms with Crippen molar-refractivity contribution in [2.75, 3.05) is 0 Å². The molecule has 5 heteroatoms. The highest BCUT2D eigenvalue weighted by atomic mass is 79.9. The van der Waals surface area contributed by atoms with Crippen LogP contribution in [0, 0.1) is 0 Å². The molecule has 1 aromatic carbocycles. The maximum Gasteiger partial charge on any atom is 0.148 e. The van der Waals surface area contributed by atoms with Gasteiger partial charge in [0, 0.05) is 24.3 Å². The summed E-state index contributed by atoms with van der Waals surface area (Å²) in [5.41, 5.74) is 1.88. The van der Waals surface area contributed by atoms with Gasteiger partial charge in [-0.15, -0.1) is 0 Å². The molecule has 0 fully saturated rings. The predicted molar refractivity (Wildman–Crippen MR) is 80.4 cm³/mol. The lowest BCUT2D eigenvalue weighted by Gasteiger charge is -2.07. The number of aryl methyl sites for hydroxylation is 2. The van der Waals surface area contributed by atoms with E-state index in [4.69, 9.17) is 4.42 Å². The van der Waals surface area contributed by atoms with Gasteiger partial charge in [-0.05, 0) is 47.0 Å². The first-order chi connectivity index (χ1) is 9.65. The van der Waals surface area contributed by atoms with Crippen LogP contribution in [0.1, 0.15) is 24.0 Å². The summed E-state index contributed by atoms with van der Waals surface area (Å²) in [6, 6.07) is 9.71. The maximum atomic E-state index is 10.3. The van der Waals surface area contributed by atoms with E-state index in [0.29, 0.717) is 12.2 Å². The van der Waals surface area contributed by atoms with Gasteiger partial charge in [-0.25, -0.2) is 0 Å². The van der Waals surface area contributed by atoms with Gasteiger partial charge in [0.2, 0.25) is 0 Å². The lowest BCUT2D eigenvalue weighted by atomic mass is 10.1. The largest absolute Gasteiger partial charge is 0.457 e. The Labute approximate surface area is 125 Å². The van der Waals surface area contributed by atoms with Crippen LogP contribution in [0.3, 0.4) is 0 Å². The van der Waals surface area contributed by atoms with Gasteiger partial charge in [-0.2, -0.15) is 5.10 Å². The molecule has 2 heterocycles. The van der Waals surface area contributed by atoms with Crippen molar-refractivity contribution in [3.63, 3.8) is 0 Å². The van der Waals surface area contributed by atoms with E-state index < -0.39 is 6.10 Å². The number of furan rings is 1.